The molecule has 1 fully saturated rings. The Morgan fingerprint density at radius 2 is 1.88 bits per heavy atom. The standard InChI is InChI=1S/C17H21N3O3S2/c21-16(9-10-18-25(22,23)17-8-5-13-24-17)19-14-6-1-2-7-15(14)20-11-3-4-12-20/h1-2,5-8,13,18H,3-4,9-12H2,(H,19,21). The molecular weight excluding hydrogens is 358 g/mol. The largest absolute Gasteiger partial charge is 0.370 e. The van der Waals surface area contributed by atoms with E-state index in [2.05, 4.69) is 14.9 Å². The zero-order valence-electron chi connectivity index (χ0n) is 13.8. The fourth-order valence-corrected chi connectivity index (χ4v) is 4.88. The molecule has 8 heteroatoms. The summed E-state index contributed by atoms with van der Waals surface area (Å²) in [6.07, 6.45) is 2.40. The van der Waals surface area contributed by atoms with Crippen molar-refractivity contribution in [1.29, 1.82) is 0 Å². The van der Waals surface area contributed by atoms with Gasteiger partial charge >= 0.3 is 0 Å². The number of carbonyl (C=O) groups excluding carboxylic acids is 1. The van der Waals surface area contributed by atoms with E-state index in [0.29, 0.717) is 0 Å². The van der Waals surface area contributed by atoms with Crippen LogP contribution < -0.4 is 14.9 Å². The minimum absolute atomic E-state index is 0.0674. The van der Waals surface area contributed by atoms with Crippen LogP contribution in [0.5, 0.6) is 0 Å². The van der Waals surface area contributed by atoms with E-state index in [1.807, 2.05) is 24.3 Å². The molecule has 1 aromatic heterocycles. The Hall–Kier alpha value is -1.90. The first-order chi connectivity index (χ1) is 12.1. The van der Waals surface area contributed by atoms with Gasteiger partial charge in [0.2, 0.25) is 15.9 Å². The van der Waals surface area contributed by atoms with E-state index in [0.717, 1.165) is 48.6 Å². The number of rotatable bonds is 7. The predicted molar refractivity (Wildman–Crippen MR) is 101 cm³/mol. The number of amides is 1. The van der Waals surface area contributed by atoms with Crippen LogP contribution in [0.15, 0.2) is 46.0 Å². The summed E-state index contributed by atoms with van der Waals surface area (Å²) in [6, 6.07) is 10.9. The average Bonchev–Trinajstić information content (AvgIpc) is 3.29. The van der Waals surface area contributed by atoms with E-state index in [9.17, 15) is 13.2 Å². The summed E-state index contributed by atoms with van der Waals surface area (Å²) in [7, 11) is -3.53. The van der Waals surface area contributed by atoms with Gasteiger partial charge in [-0.15, -0.1) is 11.3 Å². The van der Waals surface area contributed by atoms with E-state index in [-0.39, 0.29) is 23.1 Å². The minimum Gasteiger partial charge on any atom is -0.370 e. The van der Waals surface area contributed by atoms with Crippen LogP contribution in [-0.2, 0) is 14.8 Å². The predicted octanol–water partition coefficient (Wildman–Crippen LogP) is 2.66. The third-order valence-electron chi connectivity index (χ3n) is 4.03. The normalized spacial score (nSPS) is 14.6. The minimum atomic E-state index is -3.53. The molecule has 0 spiro atoms. The van der Waals surface area contributed by atoms with Crippen LogP contribution in [0.1, 0.15) is 19.3 Å². The van der Waals surface area contributed by atoms with Crippen molar-refractivity contribution in [2.75, 3.05) is 29.9 Å². The summed E-state index contributed by atoms with van der Waals surface area (Å²) in [5.41, 5.74) is 1.79. The SMILES string of the molecule is O=C(CCNS(=O)(=O)c1cccs1)Nc1ccccc1N1CCCC1. The third-order valence-corrected chi connectivity index (χ3v) is 6.89. The van der Waals surface area contributed by atoms with Gasteiger partial charge in [-0.05, 0) is 36.4 Å². The van der Waals surface area contributed by atoms with Gasteiger partial charge in [0.05, 0.1) is 11.4 Å². The first-order valence-corrected chi connectivity index (χ1v) is 10.6. The van der Waals surface area contributed by atoms with Crippen LogP contribution in [0, 0.1) is 0 Å². The van der Waals surface area contributed by atoms with Crippen LogP contribution in [0.4, 0.5) is 11.4 Å². The molecule has 0 radical (unpaired) electrons. The summed E-state index contributed by atoms with van der Waals surface area (Å²) < 4.78 is 26.8. The van der Waals surface area contributed by atoms with Crippen molar-refractivity contribution in [3.63, 3.8) is 0 Å². The Morgan fingerprint density at radius 3 is 2.60 bits per heavy atom. The smallest absolute Gasteiger partial charge is 0.250 e. The lowest BCUT2D eigenvalue weighted by Gasteiger charge is -2.21. The fourth-order valence-electron chi connectivity index (χ4n) is 2.81. The van der Waals surface area contributed by atoms with Gasteiger partial charge < -0.3 is 10.2 Å². The average molecular weight is 380 g/mol. The van der Waals surface area contributed by atoms with Gasteiger partial charge in [-0.3, -0.25) is 4.79 Å². The molecule has 134 valence electrons. The molecule has 0 saturated carbocycles. The number of anilines is 2. The van der Waals surface area contributed by atoms with Crippen LogP contribution in [0.25, 0.3) is 0 Å². The van der Waals surface area contributed by atoms with E-state index in [1.54, 1.807) is 17.5 Å². The first-order valence-electron chi connectivity index (χ1n) is 8.23. The Balaban J connectivity index is 1.55. The molecule has 2 aromatic rings. The quantitative estimate of drug-likeness (QED) is 0.775. The highest BCUT2D eigenvalue weighted by Crippen LogP contribution is 2.28. The van der Waals surface area contributed by atoms with Crippen molar-refractivity contribution in [1.82, 2.24) is 4.72 Å². The lowest BCUT2D eigenvalue weighted by molar-refractivity contribution is -0.116. The Kier molecular flexibility index (Phi) is 5.72. The van der Waals surface area contributed by atoms with E-state index in [1.165, 1.54) is 0 Å². The maximum absolute atomic E-state index is 12.2. The summed E-state index contributed by atoms with van der Waals surface area (Å²) in [5.74, 6) is -0.208. The number of thiophene rings is 1. The number of benzene rings is 1. The molecule has 1 aromatic carbocycles. The number of carbonyl (C=O) groups is 1. The topological polar surface area (TPSA) is 78.5 Å². The van der Waals surface area contributed by atoms with Crippen molar-refractivity contribution < 1.29 is 13.2 Å². The molecule has 1 aliphatic heterocycles. The highest BCUT2D eigenvalue weighted by Gasteiger charge is 2.17. The molecule has 0 atom stereocenters. The maximum atomic E-state index is 12.2. The van der Waals surface area contributed by atoms with Gasteiger partial charge in [0.1, 0.15) is 4.21 Å². The Labute approximate surface area is 151 Å². The highest BCUT2D eigenvalue weighted by atomic mass is 32.2. The van der Waals surface area contributed by atoms with Crippen molar-refractivity contribution >= 4 is 38.6 Å². The number of nitrogens with zero attached hydrogens (tertiary/aromatic N) is 1. The highest BCUT2D eigenvalue weighted by molar-refractivity contribution is 7.91. The molecule has 3 rings (SSSR count). The van der Waals surface area contributed by atoms with E-state index >= 15 is 0 Å². The van der Waals surface area contributed by atoms with Gasteiger partial charge in [-0.2, -0.15) is 0 Å². The first kappa shape index (κ1) is 17.9. The van der Waals surface area contributed by atoms with Gasteiger partial charge in [0, 0.05) is 26.1 Å². The monoisotopic (exact) mass is 379 g/mol. The fraction of sp³-hybridized carbons (Fsp3) is 0.353. The number of hydrogen-bond acceptors (Lipinski definition) is 5. The molecule has 2 N–H and O–H groups in total. The second-order valence-electron chi connectivity index (χ2n) is 5.84. The number of sulfonamides is 1. The summed E-state index contributed by atoms with van der Waals surface area (Å²) >= 11 is 1.15. The molecule has 2 heterocycles. The van der Waals surface area contributed by atoms with Crippen LogP contribution in [0.3, 0.4) is 0 Å². The van der Waals surface area contributed by atoms with Crippen molar-refractivity contribution in [3.8, 4) is 0 Å². The summed E-state index contributed by atoms with van der Waals surface area (Å²) in [6.45, 7) is 2.05. The lowest BCUT2D eigenvalue weighted by atomic mass is 10.2. The maximum Gasteiger partial charge on any atom is 0.250 e. The van der Waals surface area contributed by atoms with Crippen LogP contribution >= 0.6 is 11.3 Å². The lowest BCUT2D eigenvalue weighted by Crippen LogP contribution is -2.27. The molecule has 0 bridgehead atoms. The molecule has 0 unspecified atom stereocenters. The Morgan fingerprint density at radius 1 is 1.12 bits per heavy atom. The second-order valence-corrected chi connectivity index (χ2v) is 8.78. The van der Waals surface area contributed by atoms with Gasteiger partial charge in [0.25, 0.3) is 0 Å². The number of nitrogens with one attached hydrogen (secondary N) is 2. The van der Waals surface area contributed by atoms with E-state index in [4.69, 9.17) is 0 Å². The van der Waals surface area contributed by atoms with Crippen molar-refractivity contribution in [2.24, 2.45) is 0 Å². The molecule has 1 aliphatic rings. The van der Waals surface area contributed by atoms with Gasteiger partial charge in [0.15, 0.2) is 0 Å². The number of hydrogen-bond donors (Lipinski definition) is 2. The number of para-hydroxylation sites is 2. The van der Waals surface area contributed by atoms with Gasteiger partial charge in [-0.1, -0.05) is 18.2 Å². The third kappa shape index (κ3) is 4.59. The molecule has 1 amide bonds. The molecular formula is C17H21N3O3S2. The second kappa shape index (κ2) is 7.99. The zero-order chi connectivity index (χ0) is 17.7. The molecule has 6 nitrogen and oxygen atoms in total. The van der Waals surface area contributed by atoms with Crippen LogP contribution in [0.2, 0.25) is 0 Å². The van der Waals surface area contributed by atoms with E-state index < -0.39 is 10.0 Å². The molecule has 25 heavy (non-hydrogen) atoms. The summed E-state index contributed by atoms with van der Waals surface area (Å²) in [4.78, 5) is 14.4. The van der Waals surface area contributed by atoms with Crippen molar-refractivity contribution in [2.45, 2.75) is 23.5 Å². The molecule has 1 saturated heterocycles. The van der Waals surface area contributed by atoms with Crippen molar-refractivity contribution in [3.05, 3.63) is 41.8 Å². The van der Waals surface area contributed by atoms with Crippen LogP contribution in [-0.4, -0.2) is 34.0 Å². The van der Waals surface area contributed by atoms with Gasteiger partial charge in [-0.25, -0.2) is 13.1 Å². The zero-order valence-corrected chi connectivity index (χ0v) is 15.4. The Bertz CT molecular complexity index is 813. The summed E-state index contributed by atoms with van der Waals surface area (Å²) in [5, 5.41) is 4.60. The molecule has 0 aliphatic carbocycles.